The molecule has 0 heterocycles. The Morgan fingerprint density at radius 2 is 0.891 bits per heavy atom. The van der Waals surface area contributed by atoms with Gasteiger partial charge in [0.05, 0.1) is 0 Å². The zero-order valence-corrected chi connectivity index (χ0v) is 32.4. The summed E-state index contributed by atoms with van der Waals surface area (Å²) >= 11 is 2.53. The van der Waals surface area contributed by atoms with Crippen molar-refractivity contribution in [2.45, 2.75) is 81.9 Å². The van der Waals surface area contributed by atoms with E-state index in [4.69, 9.17) is 0 Å². The molecule has 5 heteroatoms. The summed E-state index contributed by atoms with van der Waals surface area (Å²) in [5.41, 5.74) is 7.10. The van der Waals surface area contributed by atoms with E-state index in [9.17, 15) is 0 Å². The monoisotopic (exact) mass is 720 g/mol. The Labute approximate surface area is 310 Å². The van der Waals surface area contributed by atoms with Crippen molar-refractivity contribution in [3.05, 3.63) is 144 Å². The molecule has 0 nitrogen and oxygen atoms in total. The van der Waals surface area contributed by atoms with Crippen molar-refractivity contribution < 1.29 is 57.7 Å². The van der Waals surface area contributed by atoms with Crippen LogP contribution in [0.5, 0.6) is 0 Å². The first-order chi connectivity index (χ1) is 21.1. The average molecular weight is 722 g/mol. The largest absolute Gasteiger partial charge is 1.00 e. The molecule has 0 aromatic heterocycles. The van der Waals surface area contributed by atoms with E-state index >= 15 is 0 Å². The van der Waals surface area contributed by atoms with Crippen LogP contribution in [0.3, 0.4) is 0 Å². The quantitative estimate of drug-likeness (QED) is 0.128. The molecule has 0 saturated carbocycles. The van der Waals surface area contributed by atoms with E-state index in [0.29, 0.717) is 0 Å². The first kappa shape index (κ1) is 40.3. The predicted molar refractivity (Wildman–Crippen MR) is 186 cm³/mol. The van der Waals surface area contributed by atoms with Gasteiger partial charge in [-0.05, 0) is 0 Å². The normalized spacial score (nSPS) is 15.4. The number of hydrogen-bond donors (Lipinski definition) is 0. The topological polar surface area (TPSA) is 0 Å². The summed E-state index contributed by atoms with van der Waals surface area (Å²) in [6.45, 7) is 6.85. The molecule has 46 heavy (non-hydrogen) atoms. The molecule has 4 aromatic rings. The molecule has 1 unspecified atom stereocenters. The molecule has 0 amide bonds. The number of aryl methyl sites for hydroxylation is 3. The minimum atomic E-state index is -2.68. The molecule has 0 N–H and O–H groups in total. The van der Waals surface area contributed by atoms with Crippen LogP contribution in [0.4, 0.5) is 0 Å². The second-order valence-electron chi connectivity index (χ2n) is 12.3. The molecule has 1 aliphatic carbocycles. The van der Waals surface area contributed by atoms with E-state index in [1.165, 1.54) is 81.9 Å². The number of allylic oxidation sites excluding steroid dienone is 4. The maximum absolute atomic E-state index is 2.68. The molecule has 4 aromatic carbocycles. The minimum absolute atomic E-state index is 0. The fourth-order valence-electron chi connectivity index (χ4n) is 6.87. The zero-order chi connectivity index (χ0) is 30.1. The average Bonchev–Trinajstić information content (AvgIpc) is 3.46. The van der Waals surface area contributed by atoms with Crippen molar-refractivity contribution in [3.63, 3.8) is 0 Å². The second kappa shape index (κ2) is 19.2. The van der Waals surface area contributed by atoms with Crippen molar-refractivity contribution in [2.24, 2.45) is 0 Å². The standard InChI is InChI=1S/C41H47Si.3ClH.Ti/c1-4-7-14-33-21-27-37(28-22-33)42(38-29-23-34(24-30-38)15-8-5-2,39-31-25-35(26-32-39)16-9-6-3)41-20-13-19-40(41)36-17-11-10-12-18-36;;;;/h10-13,17-32H,4-9,14-16H2,1-3H3;3*1H;/q;;;;+3/p-3. The molecule has 0 saturated heterocycles. The van der Waals surface area contributed by atoms with Gasteiger partial charge < -0.3 is 37.2 Å². The van der Waals surface area contributed by atoms with E-state index in [1.807, 2.05) is 0 Å². The van der Waals surface area contributed by atoms with Crippen LogP contribution < -0.4 is 52.8 Å². The van der Waals surface area contributed by atoms with Crippen molar-refractivity contribution in [1.29, 1.82) is 0 Å². The van der Waals surface area contributed by atoms with Gasteiger partial charge in [0.2, 0.25) is 0 Å². The summed E-state index contributed by atoms with van der Waals surface area (Å²) < 4.78 is -0.171. The molecular weight excluding hydrogens is 675 g/mol. The van der Waals surface area contributed by atoms with Crippen LogP contribution >= 0.6 is 0 Å². The Morgan fingerprint density at radius 1 is 0.522 bits per heavy atom. The van der Waals surface area contributed by atoms with Gasteiger partial charge in [-0.3, -0.25) is 0 Å². The molecule has 0 bridgehead atoms. The van der Waals surface area contributed by atoms with Gasteiger partial charge in [0, 0.05) is 0 Å². The maximum Gasteiger partial charge on any atom is -1.00 e. The van der Waals surface area contributed by atoms with Gasteiger partial charge in [-0.1, -0.05) is 0 Å². The van der Waals surface area contributed by atoms with Crippen LogP contribution in [0.25, 0.3) is 5.57 Å². The Bertz CT molecular complexity index is 1390. The molecule has 0 spiro atoms. The smallest absolute Gasteiger partial charge is 1.00 e. The second-order valence-corrected chi connectivity index (χ2v) is 18.3. The number of rotatable bonds is 14. The van der Waals surface area contributed by atoms with Gasteiger partial charge in [0.1, 0.15) is 0 Å². The van der Waals surface area contributed by atoms with Crippen LogP contribution in [0.15, 0.2) is 121 Å². The summed E-state index contributed by atoms with van der Waals surface area (Å²) in [6.07, 6.45) is 18.1. The molecule has 0 fully saturated rings. The van der Waals surface area contributed by atoms with E-state index in [2.05, 4.69) is 163 Å². The Morgan fingerprint density at radius 3 is 1.24 bits per heavy atom. The maximum atomic E-state index is 2.53. The molecule has 5 rings (SSSR count). The van der Waals surface area contributed by atoms with Crippen LogP contribution in [0, 0.1) is 0 Å². The van der Waals surface area contributed by atoms with E-state index in [1.54, 1.807) is 0 Å². The third-order valence-electron chi connectivity index (χ3n) is 9.33. The fourth-order valence-corrected chi connectivity index (χ4v) is 14.7. The van der Waals surface area contributed by atoms with Crippen LogP contribution in [0.2, 0.25) is 3.34 Å². The summed E-state index contributed by atoms with van der Waals surface area (Å²) in [7, 11) is -2.68. The Balaban J connectivity index is 0.00000245. The molecule has 1 atom stereocenters. The summed E-state index contributed by atoms with van der Waals surface area (Å²) in [6, 6.07) is 40.6. The molecule has 240 valence electrons. The van der Waals surface area contributed by atoms with E-state index in [0.717, 1.165) is 19.3 Å². The van der Waals surface area contributed by atoms with Crippen molar-refractivity contribution in [3.8, 4) is 0 Å². The van der Waals surface area contributed by atoms with Gasteiger partial charge >= 0.3 is 275 Å². The van der Waals surface area contributed by atoms with Gasteiger partial charge in [-0.2, -0.15) is 0 Å². The van der Waals surface area contributed by atoms with Crippen molar-refractivity contribution >= 4 is 29.2 Å². The van der Waals surface area contributed by atoms with Crippen molar-refractivity contribution in [2.75, 3.05) is 0 Å². The molecular formula is C41H47Cl3SiTi. The molecule has 1 aliphatic rings. The molecule has 0 aliphatic heterocycles. The minimum Gasteiger partial charge on any atom is -1.00 e. The summed E-state index contributed by atoms with van der Waals surface area (Å²) in [4.78, 5) is 0. The van der Waals surface area contributed by atoms with Crippen LogP contribution in [0.1, 0.15) is 81.5 Å². The van der Waals surface area contributed by atoms with Crippen molar-refractivity contribution in [1.82, 2.24) is 0 Å². The van der Waals surface area contributed by atoms with Gasteiger partial charge in [0.15, 0.2) is 0 Å². The van der Waals surface area contributed by atoms with Crippen LogP contribution in [-0.4, -0.2) is 8.07 Å². The van der Waals surface area contributed by atoms with E-state index < -0.39 is 8.07 Å². The number of hydrogen-bond acceptors (Lipinski definition) is 0. The zero-order valence-electron chi connectivity index (χ0n) is 27.5. The summed E-state index contributed by atoms with van der Waals surface area (Å²) in [5.74, 6) is 0. The van der Waals surface area contributed by atoms with Gasteiger partial charge in [0.25, 0.3) is 0 Å². The first-order valence-corrected chi connectivity index (χ1v) is 19.3. The Kier molecular flexibility index (Phi) is 16.9. The van der Waals surface area contributed by atoms with Gasteiger partial charge in [-0.15, -0.1) is 0 Å². The fraction of sp³-hybridized carbons (Fsp3) is 0.317. The Hall–Kier alpha value is -1.84. The van der Waals surface area contributed by atoms with E-state index in [-0.39, 0.29) is 40.6 Å². The summed E-state index contributed by atoms with van der Waals surface area (Å²) in [5, 5.41) is 4.48. The van der Waals surface area contributed by atoms with Crippen LogP contribution in [-0.2, 0) is 39.7 Å². The first-order valence-electron chi connectivity index (χ1n) is 16.6. The third kappa shape index (κ3) is 8.41. The van der Waals surface area contributed by atoms with Gasteiger partial charge in [-0.25, -0.2) is 0 Å². The molecule has 0 radical (unpaired) electrons. The number of halogens is 3. The SMILES string of the molecule is CCCCc1ccc([Si](c2ccc(CCCC)cc2)(c2ccc(CCCC)cc2)[C]2([Ti+3])C=CC=C2c2ccccc2)cc1.[Cl-].[Cl-].[Cl-]. The third-order valence-corrected chi connectivity index (χ3v) is 17.0. The number of benzene rings is 4. The number of unbranched alkanes of at least 4 members (excludes halogenated alkanes) is 3. The predicted octanol–water partition coefficient (Wildman–Crippen LogP) is 0.0947.